The number of carbonyl (C=O) groups is 3. The average Bonchev–Trinajstić information content (AvgIpc) is 2.80. The highest BCUT2D eigenvalue weighted by Crippen LogP contribution is 2.19. The molecule has 0 unspecified atom stereocenters. The van der Waals surface area contributed by atoms with E-state index in [1.54, 1.807) is 0 Å². The van der Waals surface area contributed by atoms with Crippen molar-refractivity contribution in [3.8, 4) is 0 Å². The molecule has 0 aromatic heterocycles. The van der Waals surface area contributed by atoms with Crippen LogP contribution in [0.15, 0.2) is 0 Å². The molecule has 0 fully saturated rings. The normalized spacial score (nSPS) is 11.6. The van der Waals surface area contributed by atoms with Crippen molar-refractivity contribution in [2.45, 2.75) is 66.7 Å². The molecular weight excluding hydrogens is 440 g/mol. The Morgan fingerprint density at radius 1 is 0.735 bits per heavy atom. The van der Waals surface area contributed by atoms with Gasteiger partial charge in [-0.25, -0.2) is 0 Å². The van der Waals surface area contributed by atoms with Crippen LogP contribution < -0.4 is 10.6 Å². The van der Waals surface area contributed by atoms with Gasteiger partial charge in [-0.1, -0.05) is 34.6 Å². The van der Waals surface area contributed by atoms with Gasteiger partial charge >= 0.3 is 0 Å². The van der Waals surface area contributed by atoms with Crippen LogP contribution in [-0.2, 0) is 33.3 Å². The Bertz CT molecular complexity index is 565. The summed E-state index contributed by atoms with van der Waals surface area (Å²) in [6, 6.07) is 0. The average molecular weight is 493 g/mol. The summed E-state index contributed by atoms with van der Waals surface area (Å²) in [6.45, 7) is 14.4. The lowest BCUT2D eigenvalue weighted by Crippen LogP contribution is -2.37. The SMILES string of the molecule is CCC(C)(C)C(=O)NCCCCNC(=O)CCOCCOCCOCCOCCC(=O)C(C)C.[HH].[HH]. The number of ether oxygens (including phenoxy) is 4. The summed E-state index contributed by atoms with van der Waals surface area (Å²) >= 11 is 0. The number of hydrogen-bond donors (Lipinski definition) is 2. The summed E-state index contributed by atoms with van der Waals surface area (Å²) in [7, 11) is 0. The third-order valence-corrected chi connectivity index (χ3v) is 5.44. The monoisotopic (exact) mass is 492 g/mol. The Hall–Kier alpha value is -1.55. The smallest absolute Gasteiger partial charge is 0.225 e. The fourth-order valence-electron chi connectivity index (χ4n) is 2.56. The second kappa shape index (κ2) is 20.8. The lowest BCUT2D eigenvalue weighted by molar-refractivity contribution is -0.129. The van der Waals surface area contributed by atoms with Crippen LogP contribution in [0.5, 0.6) is 0 Å². The van der Waals surface area contributed by atoms with E-state index >= 15 is 0 Å². The molecule has 2 N–H and O–H groups in total. The van der Waals surface area contributed by atoms with Crippen molar-refractivity contribution in [1.29, 1.82) is 0 Å². The predicted octanol–water partition coefficient (Wildman–Crippen LogP) is 3.00. The van der Waals surface area contributed by atoms with Crippen LogP contribution in [0, 0.1) is 11.3 Å². The fraction of sp³-hybridized carbons (Fsp3) is 0.880. The molecule has 9 heteroatoms. The van der Waals surface area contributed by atoms with Gasteiger partial charge in [0.2, 0.25) is 11.8 Å². The van der Waals surface area contributed by atoms with Gasteiger partial charge in [-0.2, -0.15) is 0 Å². The molecule has 2 amide bonds. The van der Waals surface area contributed by atoms with Crippen molar-refractivity contribution in [3.63, 3.8) is 0 Å². The molecule has 34 heavy (non-hydrogen) atoms. The predicted molar refractivity (Wildman–Crippen MR) is 136 cm³/mol. The van der Waals surface area contributed by atoms with Gasteiger partial charge in [-0.15, -0.1) is 0 Å². The van der Waals surface area contributed by atoms with Crippen LogP contribution in [0.2, 0.25) is 0 Å². The maximum absolute atomic E-state index is 11.9. The molecule has 0 heterocycles. The van der Waals surface area contributed by atoms with Gasteiger partial charge in [0.1, 0.15) is 5.78 Å². The van der Waals surface area contributed by atoms with Crippen LogP contribution >= 0.6 is 0 Å². The van der Waals surface area contributed by atoms with Crippen molar-refractivity contribution < 1.29 is 36.2 Å². The summed E-state index contributed by atoms with van der Waals surface area (Å²) in [6.07, 6.45) is 3.21. The van der Waals surface area contributed by atoms with Crippen LogP contribution in [0.3, 0.4) is 0 Å². The van der Waals surface area contributed by atoms with E-state index in [-0.39, 0.29) is 31.8 Å². The Morgan fingerprint density at radius 3 is 1.65 bits per heavy atom. The molecule has 0 aliphatic heterocycles. The highest BCUT2D eigenvalue weighted by atomic mass is 16.6. The first-order chi connectivity index (χ1) is 16.2. The number of amides is 2. The van der Waals surface area contributed by atoms with Crippen molar-refractivity contribution in [3.05, 3.63) is 0 Å². The number of rotatable bonds is 23. The third-order valence-electron chi connectivity index (χ3n) is 5.44. The molecule has 0 aromatic rings. The molecular formula is C25H52N2O7. The highest BCUT2D eigenvalue weighted by molar-refractivity contribution is 5.81. The molecule has 0 aromatic carbocycles. The van der Waals surface area contributed by atoms with E-state index < -0.39 is 0 Å². The minimum atomic E-state index is -0.334. The lowest BCUT2D eigenvalue weighted by atomic mass is 9.89. The molecule has 0 aliphatic rings. The van der Waals surface area contributed by atoms with E-state index in [0.717, 1.165) is 19.3 Å². The fourth-order valence-corrected chi connectivity index (χ4v) is 2.56. The molecule has 0 spiro atoms. The number of hydrogen-bond acceptors (Lipinski definition) is 7. The minimum absolute atomic E-state index is 0. The zero-order valence-corrected chi connectivity index (χ0v) is 22.0. The number of unbranched alkanes of at least 4 members (excludes halogenated alkanes) is 1. The zero-order chi connectivity index (χ0) is 25.7. The van der Waals surface area contributed by atoms with Crippen molar-refractivity contribution >= 4 is 17.6 Å². The lowest BCUT2D eigenvalue weighted by Gasteiger charge is -2.21. The van der Waals surface area contributed by atoms with E-state index in [9.17, 15) is 14.4 Å². The summed E-state index contributed by atoms with van der Waals surface area (Å²) in [4.78, 5) is 35.2. The van der Waals surface area contributed by atoms with Gasteiger partial charge in [0.15, 0.2) is 0 Å². The topological polar surface area (TPSA) is 112 Å². The summed E-state index contributed by atoms with van der Waals surface area (Å²) in [5.74, 6) is 0.299. The third kappa shape index (κ3) is 18.8. The van der Waals surface area contributed by atoms with E-state index in [1.165, 1.54) is 0 Å². The maximum atomic E-state index is 11.9. The molecule has 9 nitrogen and oxygen atoms in total. The molecule has 204 valence electrons. The number of nitrogens with one attached hydrogen (secondary N) is 2. The maximum Gasteiger partial charge on any atom is 0.225 e. The van der Waals surface area contributed by atoms with Crippen LogP contribution in [0.25, 0.3) is 0 Å². The Kier molecular flexibility index (Phi) is 19.8. The molecule has 0 rings (SSSR count). The van der Waals surface area contributed by atoms with Gasteiger partial charge in [-0.05, 0) is 19.3 Å². The second-order valence-electron chi connectivity index (χ2n) is 9.12. The second-order valence-corrected chi connectivity index (χ2v) is 9.12. The largest absolute Gasteiger partial charge is 0.379 e. The van der Waals surface area contributed by atoms with Crippen LogP contribution in [-0.4, -0.2) is 83.5 Å². The Labute approximate surface area is 209 Å². The first-order valence-electron chi connectivity index (χ1n) is 12.6. The van der Waals surface area contributed by atoms with Gasteiger partial charge in [0, 0.05) is 40.1 Å². The van der Waals surface area contributed by atoms with Crippen molar-refractivity contribution in [2.24, 2.45) is 11.3 Å². The van der Waals surface area contributed by atoms with E-state index in [2.05, 4.69) is 10.6 Å². The van der Waals surface area contributed by atoms with Crippen LogP contribution in [0.1, 0.15) is 69.6 Å². The standard InChI is InChI=1S/C25H48N2O7.2H2/c1-6-25(4,5)24(30)27-12-8-7-11-26-23(29)10-14-32-16-18-34-20-19-33-17-15-31-13-9-22(28)21(2)3;;/h21H,6-20H2,1-5H3,(H,26,29)(H,27,30);2*1H. The highest BCUT2D eigenvalue weighted by Gasteiger charge is 2.24. The van der Waals surface area contributed by atoms with Gasteiger partial charge in [0.25, 0.3) is 0 Å². The van der Waals surface area contributed by atoms with Crippen molar-refractivity contribution in [1.82, 2.24) is 10.6 Å². The molecule has 0 atom stereocenters. The first kappa shape index (κ1) is 32.5. The van der Waals surface area contributed by atoms with E-state index in [0.29, 0.717) is 78.8 Å². The quantitative estimate of drug-likeness (QED) is 0.211. The van der Waals surface area contributed by atoms with Gasteiger partial charge < -0.3 is 29.6 Å². The molecule has 0 bridgehead atoms. The Balaban J connectivity index is -0.00000544. The van der Waals surface area contributed by atoms with E-state index in [1.807, 2.05) is 34.6 Å². The minimum Gasteiger partial charge on any atom is -0.379 e. The number of ketones is 1. The molecule has 0 saturated heterocycles. The van der Waals surface area contributed by atoms with Crippen LogP contribution in [0.4, 0.5) is 0 Å². The Morgan fingerprint density at radius 2 is 1.18 bits per heavy atom. The molecule has 0 radical (unpaired) electrons. The summed E-state index contributed by atoms with van der Waals surface area (Å²) < 4.78 is 21.6. The number of Topliss-reactive ketones (excluding diaryl/α,β-unsaturated/α-hetero) is 1. The summed E-state index contributed by atoms with van der Waals surface area (Å²) in [5, 5.41) is 5.80. The number of carbonyl (C=O) groups excluding carboxylic acids is 3. The van der Waals surface area contributed by atoms with E-state index in [4.69, 9.17) is 18.9 Å². The first-order valence-corrected chi connectivity index (χ1v) is 12.6. The zero-order valence-electron chi connectivity index (χ0n) is 22.0. The van der Waals surface area contributed by atoms with Gasteiger partial charge in [0.05, 0.1) is 52.9 Å². The molecule has 0 aliphatic carbocycles. The molecule has 0 saturated carbocycles. The van der Waals surface area contributed by atoms with Gasteiger partial charge in [-0.3, -0.25) is 14.4 Å². The summed E-state index contributed by atoms with van der Waals surface area (Å²) in [5.41, 5.74) is -0.334. The van der Waals surface area contributed by atoms with Crippen molar-refractivity contribution in [2.75, 3.05) is 65.9 Å².